The van der Waals surface area contributed by atoms with Gasteiger partial charge in [-0.05, 0) is 56.2 Å². The van der Waals surface area contributed by atoms with Gasteiger partial charge in [-0.25, -0.2) is 13.2 Å². The van der Waals surface area contributed by atoms with Gasteiger partial charge in [-0.2, -0.15) is 0 Å². The summed E-state index contributed by atoms with van der Waals surface area (Å²) >= 11 is 0. The summed E-state index contributed by atoms with van der Waals surface area (Å²) in [6.45, 7) is 6.01. The van der Waals surface area contributed by atoms with Crippen LogP contribution in [0.4, 0.5) is 16.2 Å². The molecule has 136 valence electrons. The number of nitrogens with zero attached hydrogens (tertiary/aromatic N) is 2. The standard InChI is InChI=1S/C20H22N2O3S/c1-13-4-7-16(8-5-13)21-18-11-26(24,25)12-19(18)22(20(21)23)17-9-6-14(2)15(3)10-17/h4-10,18-19H,11-12H2,1-3H3. The fourth-order valence-corrected chi connectivity index (χ4v) is 5.81. The van der Waals surface area contributed by atoms with Crippen LogP contribution in [0.15, 0.2) is 42.5 Å². The van der Waals surface area contributed by atoms with Gasteiger partial charge in [0.1, 0.15) is 0 Å². The van der Waals surface area contributed by atoms with Gasteiger partial charge in [0.25, 0.3) is 0 Å². The van der Waals surface area contributed by atoms with E-state index < -0.39 is 9.84 Å². The topological polar surface area (TPSA) is 57.7 Å². The van der Waals surface area contributed by atoms with Crippen molar-refractivity contribution < 1.29 is 13.2 Å². The normalized spacial score (nSPS) is 24.2. The van der Waals surface area contributed by atoms with Crippen molar-refractivity contribution in [2.45, 2.75) is 32.9 Å². The van der Waals surface area contributed by atoms with Gasteiger partial charge in [0.15, 0.2) is 9.84 Å². The number of amides is 2. The van der Waals surface area contributed by atoms with Crippen molar-refractivity contribution in [2.75, 3.05) is 21.3 Å². The van der Waals surface area contributed by atoms with Crippen LogP contribution < -0.4 is 9.80 Å². The number of anilines is 2. The van der Waals surface area contributed by atoms with E-state index in [0.29, 0.717) is 0 Å². The Labute approximate surface area is 154 Å². The molecular formula is C20H22N2O3S. The fraction of sp³-hybridized carbons (Fsp3) is 0.350. The van der Waals surface area contributed by atoms with Crippen molar-refractivity contribution in [2.24, 2.45) is 0 Å². The van der Waals surface area contributed by atoms with E-state index in [4.69, 9.17) is 0 Å². The number of aryl methyl sites for hydroxylation is 3. The molecule has 2 unspecified atom stereocenters. The largest absolute Gasteiger partial charge is 0.329 e. The SMILES string of the molecule is Cc1ccc(N2C(=O)N(c3ccc(C)c(C)c3)C3CS(=O)(=O)CC32)cc1. The van der Waals surface area contributed by atoms with Crippen LogP contribution in [0.1, 0.15) is 16.7 Å². The van der Waals surface area contributed by atoms with Gasteiger partial charge in [0.2, 0.25) is 0 Å². The summed E-state index contributed by atoms with van der Waals surface area (Å²) in [5.74, 6) is 0.0251. The molecule has 0 saturated carbocycles. The zero-order chi connectivity index (χ0) is 18.6. The molecule has 0 aliphatic carbocycles. The second kappa shape index (κ2) is 5.84. The minimum absolute atomic E-state index is 0.0125. The molecule has 2 aliphatic heterocycles. The third-order valence-electron chi connectivity index (χ3n) is 5.45. The van der Waals surface area contributed by atoms with Crippen LogP contribution in [0, 0.1) is 20.8 Å². The molecule has 2 aromatic rings. The molecule has 2 atom stereocenters. The predicted octanol–water partition coefficient (Wildman–Crippen LogP) is 3.22. The van der Waals surface area contributed by atoms with E-state index in [9.17, 15) is 13.2 Å². The molecule has 4 rings (SSSR count). The van der Waals surface area contributed by atoms with E-state index in [1.165, 1.54) is 0 Å². The molecule has 0 aromatic heterocycles. The number of rotatable bonds is 2. The molecule has 0 N–H and O–H groups in total. The van der Waals surface area contributed by atoms with Gasteiger partial charge >= 0.3 is 6.03 Å². The zero-order valence-corrected chi connectivity index (χ0v) is 16.0. The predicted molar refractivity (Wildman–Crippen MR) is 104 cm³/mol. The average Bonchev–Trinajstić information content (AvgIpc) is 3.00. The lowest BCUT2D eigenvalue weighted by Crippen LogP contribution is -2.38. The molecule has 0 spiro atoms. The van der Waals surface area contributed by atoms with Gasteiger partial charge in [0, 0.05) is 11.4 Å². The van der Waals surface area contributed by atoms with Gasteiger partial charge in [0.05, 0.1) is 23.6 Å². The lowest BCUT2D eigenvalue weighted by Gasteiger charge is -2.23. The highest BCUT2D eigenvalue weighted by Crippen LogP contribution is 2.38. The van der Waals surface area contributed by atoms with Crippen molar-refractivity contribution >= 4 is 27.2 Å². The first kappa shape index (κ1) is 17.1. The van der Waals surface area contributed by atoms with Crippen LogP contribution in [0.5, 0.6) is 0 Å². The number of benzene rings is 2. The van der Waals surface area contributed by atoms with Crippen LogP contribution in [0.25, 0.3) is 0 Å². The van der Waals surface area contributed by atoms with Crippen molar-refractivity contribution in [3.63, 3.8) is 0 Å². The summed E-state index contributed by atoms with van der Waals surface area (Å²) in [5, 5.41) is 0. The second-order valence-electron chi connectivity index (χ2n) is 7.34. The van der Waals surface area contributed by atoms with Gasteiger partial charge in [-0.3, -0.25) is 9.80 Å². The minimum Gasteiger partial charge on any atom is -0.288 e. The van der Waals surface area contributed by atoms with Crippen LogP contribution in [0.2, 0.25) is 0 Å². The van der Waals surface area contributed by atoms with Crippen LogP contribution in [-0.4, -0.2) is 38.0 Å². The number of hydrogen-bond acceptors (Lipinski definition) is 3. The van der Waals surface area contributed by atoms with Crippen LogP contribution in [0.3, 0.4) is 0 Å². The van der Waals surface area contributed by atoms with Crippen molar-refractivity contribution in [1.29, 1.82) is 0 Å². The Kier molecular flexibility index (Phi) is 3.84. The van der Waals surface area contributed by atoms with Gasteiger partial charge < -0.3 is 0 Å². The van der Waals surface area contributed by atoms with E-state index in [0.717, 1.165) is 28.1 Å². The number of hydrogen-bond donors (Lipinski definition) is 0. The van der Waals surface area contributed by atoms with Crippen molar-refractivity contribution in [3.05, 3.63) is 59.2 Å². The molecule has 2 aliphatic rings. The van der Waals surface area contributed by atoms with E-state index in [2.05, 4.69) is 0 Å². The molecule has 2 saturated heterocycles. The lowest BCUT2D eigenvalue weighted by atomic mass is 10.1. The highest BCUT2D eigenvalue weighted by atomic mass is 32.2. The number of carbonyl (C=O) groups is 1. The monoisotopic (exact) mass is 370 g/mol. The first-order valence-electron chi connectivity index (χ1n) is 8.73. The number of urea groups is 1. The molecule has 26 heavy (non-hydrogen) atoms. The first-order chi connectivity index (χ1) is 12.3. The highest BCUT2D eigenvalue weighted by Gasteiger charge is 2.54. The molecule has 2 fully saturated rings. The molecule has 6 heteroatoms. The number of sulfone groups is 1. The summed E-state index contributed by atoms with van der Waals surface area (Å²) in [6.07, 6.45) is 0. The van der Waals surface area contributed by atoms with E-state index in [1.54, 1.807) is 9.80 Å². The van der Waals surface area contributed by atoms with Crippen molar-refractivity contribution in [3.8, 4) is 0 Å². The number of carbonyl (C=O) groups excluding carboxylic acids is 1. The maximum Gasteiger partial charge on any atom is 0.329 e. The third kappa shape index (κ3) is 2.69. The van der Waals surface area contributed by atoms with Crippen LogP contribution >= 0.6 is 0 Å². The smallest absolute Gasteiger partial charge is 0.288 e. The van der Waals surface area contributed by atoms with E-state index in [-0.39, 0.29) is 29.6 Å². The Morgan fingerprint density at radius 3 is 1.92 bits per heavy atom. The maximum atomic E-state index is 13.3. The first-order valence-corrected chi connectivity index (χ1v) is 10.6. The Morgan fingerprint density at radius 1 is 0.808 bits per heavy atom. The van der Waals surface area contributed by atoms with Gasteiger partial charge in [-0.1, -0.05) is 23.8 Å². The maximum absolute atomic E-state index is 13.3. The Hall–Kier alpha value is -2.34. The Morgan fingerprint density at radius 2 is 1.35 bits per heavy atom. The molecule has 0 radical (unpaired) electrons. The number of fused-ring (bicyclic) bond motifs is 1. The Balaban J connectivity index is 1.81. The summed E-state index contributed by atoms with van der Waals surface area (Å²) < 4.78 is 24.6. The van der Waals surface area contributed by atoms with Crippen molar-refractivity contribution in [1.82, 2.24) is 0 Å². The molecule has 2 aromatic carbocycles. The Bertz CT molecular complexity index is 983. The molecular weight excluding hydrogens is 348 g/mol. The summed E-state index contributed by atoms with van der Waals surface area (Å²) in [5.41, 5.74) is 4.84. The molecule has 0 bridgehead atoms. The van der Waals surface area contributed by atoms with Gasteiger partial charge in [-0.15, -0.1) is 0 Å². The molecule has 2 heterocycles. The fourth-order valence-electron chi connectivity index (χ4n) is 3.89. The summed E-state index contributed by atoms with van der Waals surface area (Å²) in [6, 6.07) is 12.7. The quantitative estimate of drug-likeness (QED) is 0.763. The lowest BCUT2D eigenvalue weighted by molar-refractivity contribution is 0.255. The second-order valence-corrected chi connectivity index (χ2v) is 9.49. The third-order valence-corrected chi connectivity index (χ3v) is 7.15. The highest BCUT2D eigenvalue weighted by molar-refractivity contribution is 7.91. The van der Waals surface area contributed by atoms with E-state index in [1.807, 2.05) is 63.2 Å². The zero-order valence-electron chi connectivity index (χ0n) is 15.1. The minimum atomic E-state index is -3.17. The molecule has 2 amide bonds. The summed E-state index contributed by atoms with van der Waals surface area (Å²) in [4.78, 5) is 16.6. The molecule has 5 nitrogen and oxygen atoms in total. The van der Waals surface area contributed by atoms with Crippen LogP contribution in [-0.2, 0) is 9.84 Å². The van der Waals surface area contributed by atoms with E-state index >= 15 is 0 Å². The average molecular weight is 370 g/mol. The summed E-state index contributed by atoms with van der Waals surface area (Å²) in [7, 11) is -3.17.